The van der Waals surface area contributed by atoms with E-state index < -0.39 is 0 Å². The number of anilines is 1. The Morgan fingerprint density at radius 1 is 1.48 bits per heavy atom. The van der Waals surface area contributed by atoms with E-state index in [1.165, 1.54) is 19.3 Å². The van der Waals surface area contributed by atoms with Crippen LogP contribution in [0, 0.1) is 5.41 Å². The van der Waals surface area contributed by atoms with E-state index in [2.05, 4.69) is 10.4 Å². The third kappa shape index (κ3) is 2.71. The summed E-state index contributed by atoms with van der Waals surface area (Å²) in [6, 6.07) is 2.05. The highest BCUT2D eigenvalue weighted by Crippen LogP contribution is 2.45. The second kappa shape index (κ2) is 5.79. The molecule has 2 aliphatic carbocycles. The van der Waals surface area contributed by atoms with Gasteiger partial charge in [-0.1, -0.05) is 12.8 Å². The average molecular weight is 291 g/mol. The number of hydrogen-bond acceptors (Lipinski definition) is 3. The smallest absolute Gasteiger partial charge is 0.231 e. The van der Waals surface area contributed by atoms with Crippen LogP contribution in [0.3, 0.4) is 0 Å². The minimum atomic E-state index is -0.225. The number of carbonyl (C=O) groups excluding carboxylic acids is 1. The molecule has 5 nitrogen and oxygen atoms in total. The molecule has 0 aliphatic heterocycles. The van der Waals surface area contributed by atoms with Gasteiger partial charge < -0.3 is 10.1 Å². The topological polar surface area (TPSA) is 56.1 Å². The van der Waals surface area contributed by atoms with E-state index in [0.29, 0.717) is 12.5 Å². The van der Waals surface area contributed by atoms with Crippen molar-refractivity contribution in [1.82, 2.24) is 9.78 Å². The number of aryl methyl sites for hydroxylation is 1. The highest BCUT2D eigenvalue weighted by molar-refractivity contribution is 5.95. The zero-order chi connectivity index (χ0) is 14.9. The summed E-state index contributed by atoms with van der Waals surface area (Å²) in [6.45, 7) is 0.645. The summed E-state index contributed by atoms with van der Waals surface area (Å²) in [7, 11) is 3.59. The van der Waals surface area contributed by atoms with Crippen LogP contribution in [0.5, 0.6) is 0 Å². The van der Waals surface area contributed by atoms with Gasteiger partial charge in [0.2, 0.25) is 5.91 Å². The first kappa shape index (κ1) is 14.6. The number of rotatable bonds is 6. The molecule has 3 rings (SSSR count). The Labute approximate surface area is 126 Å². The van der Waals surface area contributed by atoms with Gasteiger partial charge in [0.25, 0.3) is 0 Å². The van der Waals surface area contributed by atoms with E-state index in [-0.39, 0.29) is 11.3 Å². The Hall–Kier alpha value is -1.36. The fourth-order valence-corrected chi connectivity index (χ4v) is 3.25. The van der Waals surface area contributed by atoms with Crippen LogP contribution in [0.25, 0.3) is 0 Å². The molecule has 0 atom stereocenters. The van der Waals surface area contributed by atoms with E-state index in [1.54, 1.807) is 11.8 Å². The highest BCUT2D eigenvalue weighted by atomic mass is 16.5. The molecule has 0 bridgehead atoms. The van der Waals surface area contributed by atoms with Crippen LogP contribution in [-0.4, -0.2) is 29.4 Å². The van der Waals surface area contributed by atoms with Gasteiger partial charge in [0, 0.05) is 32.7 Å². The zero-order valence-corrected chi connectivity index (χ0v) is 13.0. The second-order valence-corrected chi connectivity index (χ2v) is 6.54. The SMILES string of the molecule is COCCC1(C(=O)Nc2cc(C3CCC3)nn2C)CCC1. The third-order valence-corrected chi connectivity index (χ3v) is 5.24. The van der Waals surface area contributed by atoms with Crippen LogP contribution in [0.1, 0.15) is 56.6 Å². The lowest BCUT2D eigenvalue weighted by atomic mass is 9.66. The number of amides is 1. The van der Waals surface area contributed by atoms with Crippen LogP contribution in [0.2, 0.25) is 0 Å². The van der Waals surface area contributed by atoms with E-state index in [4.69, 9.17) is 4.74 Å². The molecule has 5 heteroatoms. The molecule has 21 heavy (non-hydrogen) atoms. The molecule has 1 aromatic rings. The van der Waals surface area contributed by atoms with Gasteiger partial charge in [-0.25, -0.2) is 0 Å². The van der Waals surface area contributed by atoms with Gasteiger partial charge in [0.1, 0.15) is 5.82 Å². The predicted octanol–water partition coefficient (Wildman–Crippen LogP) is 2.83. The van der Waals surface area contributed by atoms with Gasteiger partial charge in [0.05, 0.1) is 11.1 Å². The summed E-state index contributed by atoms with van der Waals surface area (Å²) in [5.41, 5.74) is 0.898. The Morgan fingerprint density at radius 3 is 2.76 bits per heavy atom. The largest absolute Gasteiger partial charge is 0.385 e. The lowest BCUT2D eigenvalue weighted by Gasteiger charge is -2.40. The Morgan fingerprint density at radius 2 is 2.24 bits per heavy atom. The van der Waals surface area contributed by atoms with Crippen LogP contribution in [0.15, 0.2) is 6.07 Å². The number of aromatic nitrogens is 2. The van der Waals surface area contributed by atoms with Crippen LogP contribution in [0.4, 0.5) is 5.82 Å². The molecule has 1 aromatic heterocycles. The number of hydrogen-bond donors (Lipinski definition) is 1. The number of carbonyl (C=O) groups is 1. The first-order valence-corrected chi connectivity index (χ1v) is 7.99. The van der Waals surface area contributed by atoms with Crippen LogP contribution < -0.4 is 5.32 Å². The Kier molecular flexibility index (Phi) is 4.02. The number of nitrogens with one attached hydrogen (secondary N) is 1. The highest BCUT2D eigenvalue weighted by Gasteiger charge is 2.43. The number of nitrogens with zero attached hydrogens (tertiary/aromatic N) is 2. The summed E-state index contributed by atoms with van der Waals surface area (Å²) < 4.78 is 6.96. The fraction of sp³-hybridized carbons (Fsp3) is 0.750. The maximum absolute atomic E-state index is 12.6. The van der Waals surface area contributed by atoms with Gasteiger partial charge in [-0.3, -0.25) is 9.48 Å². The van der Waals surface area contributed by atoms with Gasteiger partial charge in [-0.05, 0) is 32.1 Å². The van der Waals surface area contributed by atoms with E-state index >= 15 is 0 Å². The molecular weight excluding hydrogens is 266 g/mol. The summed E-state index contributed by atoms with van der Waals surface area (Å²) in [5.74, 6) is 1.55. The molecule has 1 amide bonds. The van der Waals surface area contributed by atoms with Gasteiger partial charge in [-0.2, -0.15) is 5.10 Å². The molecule has 2 aliphatic rings. The second-order valence-electron chi connectivity index (χ2n) is 6.54. The van der Waals surface area contributed by atoms with E-state index in [9.17, 15) is 4.79 Å². The molecular formula is C16H25N3O2. The fourth-order valence-electron chi connectivity index (χ4n) is 3.25. The molecule has 2 saturated carbocycles. The van der Waals surface area contributed by atoms with Crippen molar-refractivity contribution in [3.05, 3.63) is 11.8 Å². The van der Waals surface area contributed by atoms with Gasteiger partial charge >= 0.3 is 0 Å². The summed E-state index contributed by atoms with van der Waals surface area (Å²) in [4.78, 5) is 12.6. The first-order valence-electron chi connectivity index (χ1n) is 7.99. The quantitative estimate of drug-likeness (QED) is 0.877. The molecule has 116 valence electrons. The molecule has 2 fully saturated rings. The normalized spacial score (nSPS) is 20.7. The molecule has 0 spiro atoms. The first-order chi connectivity index (χ1) is 10.1. The zero-order valence-electron chi connectivity index (χ0n) is 13.0. The number of ether oxygens (including phenoxy) is 1. The van der Waals surface area contributed by atoms with E-state index in [0.717, 1.165) is 37.2 Å². The van der Waals surface area contributed by atoms with Crippen molar-refractivity contribution in [3.63, 3.8) is 0 Å². The van der Waals surface area contributed by atoms with Crippen LogP contribution in [-0.2, 0) is 16.6 Å². The van der Waals surface area contributed by atoms with Crippen molar-refractivity contribution < 1.29 is 9.53 Å². The molecule has 0 saturated heterocycles. The predicted molar refractivity (Wildman–Crippen MR) is 81.2 cm³/mol. The van der Waals surface area contributed by atoms with Crippen molar-refractivity contribution in [1.29, 1.82) is 0 Å². The molecule has 1 N–H and O–H groups in total. The third-order valence-electron chi connectivity index (χ3n) is 5.24. The van der Waals surface area contributed by atoms with Gasteiger partial charge in [0.15, 0.2) is 0 Å². The van der Waals surface area contributed by atoms with Crippen molar-refractivity contribution in [2.45, 2.75) is 50.9 Å². The number of methoxy groups -OCH3 is 1. The average Bonchev–Trinajstić information content (AvgIpc) is 2.67. The van der Waals surface area contributed by atoms with Crippen molar-refractivity contribution in [2.24, 2.45) is 12.5 Å². The molecule has 0 radical (unpaired) electrons. The summed E-state index contributed by atoms with van der Waals surface area (Å²) in [5, 5.41) is 7.64. The maximum atomic E-state index is 12.6. The van der Waals surface area contributed by atoms with Crippen molar-refractivity contribution in [2.75, 3.05) is 19.0 Å². The standard InChI is InChI=1S/C16H25N3O2/c1-19-14(11-13(18-19)12-5-3-6-12)17-15(20)16(7-4-8-16)9-10-21-2/h11-12H,3-10H2,1-2H3,(H,17,20). The Bertz CT molecular complexity index is 516. The minimum Gasteiger partial charge on any atom is -0.385 e. The minimum absolute atomic E-state index is 0.133. The summed E-state index contributed by atoms with van der Waals surface area (Å²) in [6.07, 6.45) is 7.62. The summed E-state index contributed by atoms with van der Waals surface area (Å²) >= 11 is 0. The molecule has 0 aromatic carbocycles. The maximum Gasteiger partial charge on any atom is 0.231 e. The van der Waals surface area contributed by atoms with Crippen molar-refractivity contribution in [3.8, 4) is 0 Å². The lowest BCUT2D eigenvalue weighted by Crippen LogP contribution is -2.43. The van der Waals surface area contributed by atoms with Crippen LogP contribution >= 0.6 is 0 Å². The lowest BCUT2D eigenvalue weighted by molar-refractivity contribution is -0.131. The van der Waals surface area contributed by atoms with E-state index in [1.807, 2.05) is 13.1 Å². The van der Waals surface area contributed by atoms with Gasteiger partial charge in [-0.15, -0.1) is 0 Å². The molecule has 1 heterocycles. The monoisotopic (exact) mass is 291 g/mol. The molecule has 0 unspecified atom stereocenters. The Balaban J connectivity index is 1.67. The van der Waals surface area contributed by atoms with Crippen molar-refractivity contribution >= 4 is 11.7 Å².